The van der Waals surface area contributed by atoms with Crippen LogP contribution in [0.1, 0.15) is 5.56 Å². The van der Waals surface area contributed by atoms with Crippen molar-refractivity contribution < 1.29 is 36.2 Å². The average Bonchev–Trinajstić information content (AvgIpc) is 2.24. The molecule has 0 saturated heterocycles. The molecular formula is C11H9F6NO2. The largest absolute Gasteiger partial charge is 0.508 e. The molecule has 0 atom stereocenters. The van der Waals surface area contributed by atoms with Crippen LogP contribution in [0.4, 0.5) is 26.3 Å². The average molecular weight is 301 g/mol. The highest BCUT2D eigenvalue weighted by Crippen LogP contribution is 2.39. The Morgan fingerprint density at radius 3 is 1.90 bits per heavy atom. The topological polar surface area (TPSA) is 49.3 Å². The minimum Gasteiger partial charge on any atom is -0.508 e. The first-order valence-electron chi connectivity index (χ1n) is 5.21. The Hall–Kier alpha value is -1.93. The zero-order valence-electron chi connectivity index (χ0n) is 9.72. The number of halogens is 6. The van der Waals surface area contributed by atoms with Gasteiger partial charge in [-0.05, 0) is 17.7 Å². The van der Waals surface area contributed by atoms with Gasteiger partial charge in [0.15, 0.2) is 0 Å². The van der Waals surface area contributed by atoms with Crippen molar-refractivity contribution in [2.24, 2.45) is 5.92 Å². The molecule has 2 N–H and O–H groups in total. The van der Waals surface area contributed by atoms with Crippen molar-refractivity contribution in [3.8, 4) is 5.75 Å². The second-order valence-corrected chi connectivity index (χ2v) is 3.90. The summed E-state index contributed by atoms with van der Waals surface area (Å²) in [6.07, 6.45) is -11.4. The molecular weight excluding hydrogens is 292 g/mol. The molecule has 1 aromatic rings. The molecule has 0 radical (unpaired) electrons. The number of alkyl halides is 6. The normalized spacial score (nSPS) is 12.6. The van der Waals surface area contributed by atoms with E-state index in [9.17, 15) is 31.1 Å². The molecule has 112 valence electrons. The molecule has 0 aliphatic carbocycles. The van der Waals surface area contributed by atoms with Gasteiger partial charge in [0.1, 0.15) is 5.75 Å². The van der Waals surface area contributed by atoms with Gasteiger partial charge in [0, 0.05) is 6.54 Å². The molecule has 1 rings (SSSR count). The zero-order valence-corrected chi connectivity index (χ0v) is 9.72. The molecule has 0 aliphatic rings. The monoisotopic (exact) mass is 301 g/mol. The van der Waals surface area contributed by atoms with Crippen molar-refractivity contribution >= 4 is 5.91 Å². The number of hydrogen-bond acceptors (Lipinski definition) is 2. The predicted molar refractivity (Wildman–Crippen MR) is 55.6 cm³/mol. The number of aromatic hydroxyl groups is 1. The third-order valence-electron chi connectivity index (χ3n) is 2.32. The van der Waals surface area contributed by atoms with Crippen LogP contribution in [0.2, 0.25) is 0 Å². The van der Waals surface area contributed by atoms with Crippen molar-refractivity contribution in [2.45, 2.75) is 18.9 Å². The fraction of sp³-hybridized carbons (Fsp3) is 0.364. The lowest BCUT2D eigenvalue weighted by atomic mass is 10.1. The number of phenolic OH excluding ortho intramolecular Hbond substituents is 1. The molecule has 0 spiro atoms. The first-order valence-corrected chi connectivity index (χ1v) is 5.21. The van der Waals surface area contributed by atoms with Crippen molar-refractivity contribution in [3.63, 3.8) is 0 Å². The Labute approximate surface area is 109 Å². The van der Waals surface area contributed by atoms with Crippen LogP contribution in [0, 0.1) is 5.92 Å². The number of nitrogens with one attached hydrogen (secondary N) is 1. The molecule has 0 aliphatic heterocycles. The standard InChI is InChI=1S/C11H9F6NO2/c12-10(13,14)8(11(15,16)17)9(20)18-5-6-1-3-7(19)4-2-6/h1-4,8,19H,5H2,(H,18,20). The first kappa shape index (κ1) is 16.1. The second-order valence-electron chi connectivity index (χ2n) is 3.90. The van der Waals surface area contributed by atoms with E-state index in [1.165, 1.54) is 24.3 Å². The molecule has 0 saturated carbocycles. The fourth-order valence-electron chi connectivity index (χ4n) is 1.39. The highest BCUT2D eigenvalue weighted by atomic mass is 19.4. The Kier molecular flexibility index (Phi) is 4.51. The lowest BCUT2D eigenvalue weighted by molar-refractivity contribution is -0.274. The fourth-order valence-corrected chi connectivity index (χ4v) is 1.39. The van der Waals surface area contributed by atoms with Crippen LogP contribution in [-0.4, -0.2) is 23.4 Å². The molecule has 9 heteroatoms. The Bertz CT molecular complexity index is 451. The quantitative estimate of drug-likeness (QED) is 0.843. The smallest absolute Gasteiger partial charge is 0.409 e. The predicted octanol–water partition coefficient (Wildman–Crippen LogP) is 2.75. The maximum Gasteiger partial charge on any atom is 0.409 e. The molecule has 3 nitrogen and oxygen atoms in total. The summed E-state index contributed by atoms with van der Waals surface area (Å²) in [5, 5.41) is 10.5. The van der Waals surface area contributed by atoms with Crippen LogP contribution in [0.15, 0.2) is 24.3 Å². The van der Waals surface area contributed by atoms with E-state index in [1.54, 1.807) is 5.32 Å². The molecule has 0 heterocycles. The number of amides is 1. The minimum absolute atomic E-state index is 0.122. The van der Waals surface area contributed by atoms with E-state index in [4.69, 9.17) is 5.11 Å². The van der Waals surface area contributed by atoms with Crippen molar-refractivity contribution in [3.05, 3.63) is 29.8 Å². The van der Waals surface area contributed by atoms with E-state index in [0.29, 0.717) is 0 Å². The van der Waals surface area contributed by atoms with Gasteiger partial charge in [0.05, 0.1) is 0 Å². The van der Waals surface area contributed by atoms with Crippen molar-refractivity contribution in [1.29, 1.82) is 0 Å². The van der Waals surface area contributed by atoms with Gasteiger partial charge in [-0.2, -0.15) is 26.3 Å². The zero-order chi connectivity index (χ0) is 15.6. The van der Waals surface area contributed by atoms with Gasteiger partial charge in [-0.15, -0.1) is 0 Å². The van der Waals surface area contributed by atoms with Gasteiger partial charge in [0.25, 0.3) is 0 Å². The number of hydrogen-bond donors (Lipinski definition) is 2. The summed E-state index contributed by atoms with van der Waals surface area (Å²) >= 11 is 0. The van der Waals surface area contributed by atoms with Crippen LogP contribution in [0.5, 0.6) is 5.75 Å². The summed E-state index contributed by atoms with van der Waals surface area (Å²) < 4.78 is 73.4. The molecule has 0 unspecified atom stereocenters. The van der Waals surface area contributed by atoms with E-state index in [0.717, 1.165) is 0 Å². The van der Waals surface area contributed by atoms with Gasteiger partial charge < -0.3 is 10.4 Å². The first-order chi connectivity index (χ1) is 9.01. The molecule has 1 amide bonds. The van der Waals surface area contributed by atoms with Gasteiger partial charge in [-0.1, -0.05) is 12.1 Å². The van der Waals surface area contributed by atoms with Crippen LogP contribution in [0.3, 0.4) is 0 Å². The molecule has 1 aromatic carbocycles. The van der Waals surface area contributed by atoms with E-state index in [1.807, 2.05) is 0 Å². The van der Waals surface area contributed by atoms with E-state index >= 15 is 0 Å². The maximum atomic E-state index is 12.2. The number of carbonyl (C=O) groups is 1. The maximum absolute atomic E-state index is 12.2. The third kappa shape index (κ3) is 4.32. The lowest BCUT2D eigenvalue weighted by Gasteiger charge is -2.22. The van der Waals surface area contributed by atoms with Gasteiger partial charge >= 0.3 is 12.4 Å². The SMILES string of the molecule is O=C(NCc1ccc(O)cc1)C(C(F)(F)F)C(F)(F)F. The number of benzene rings is 1. The number of rotatable bonds is 3. The van der Waals surface area contributed by atoms with Crippen molar-refractivity contribution in [2.75, 3.05) is 0 Å². The summed E-state index contributed by atoms with van der Waals surface area (Å²) in [7, 11) is 0. The molecule has 0 fully saturated rings. The minimum atomic E-state index is -5.71. The van der Waals surface area contributed by atoms with E-state index in [-0.39, 0.29) is 11.3 Å². The highest BCUT2D eigenvalue weighted by Gasteiger charge is 2.60. The Morgan fingerprint density at radius 1 is 1.05 bits per heavy atom. The van der Waals surface area contributed by atoms with Gasteiger partial charge in [-0.25, -0.2) is 0 Å². The second kappa shape index (κ2) is 5.59. The summed E-state index contributed by atoms with van der Waals surface area (Å²) in [5.74, 6) is -6.35. The highest BCUT2D eigenvalue weighted by molar-refractivity contribution is 5.80. The number of carbonyl (C=O) groups excluding carboxylic acids is 1. The van der Waals surface area contributed by atoms with E-state index in [2.05, 4.69) is 0 Å². The summed E-state index contributed by atoms with van der Waals surface area (Å²) in [4.78, 5) is 11.1. The van der Waals surface area contributed by atoms with Crippen LogP contribution in [-0.2, 0) is 11.3 Å². The molecule has 20 heavy (non-hydrogen) atoms. The van der Waals surface area contributed by atoms with Crippen LogP contribution >= 0.6 is 0 Å². The Balaban J connectivity index is 2.75. The molecule has 0 aromatic heterocycles. The number of phenols is 1. The Morgan fingerprint density at radius 2 is 1.50 bits per heavy atom. The summed E-state index contributed by atoms with van der Waals surface area (Å²) in [5.41, 5.74) is 0.249. The summed E-state index contributed by atoms with van der Waals surface area (Å²) in [6.45, 7) is -0.512. The third-order valence-corrected chi connectivity index (χ3v) is 2.32. The van der Waals surface area contributed by atoms with Crippen molar-refractivity contribution in [1.82, 2.24) is 5.32 Å². The van der Waals surface area contributed by atoms with Crippen LogP contribution < -0.4 is 5.32 Å². The van der Waals surface area contributed by atoms with Gasteiger partial charge in [0.2, 0.25) is 11.8 Å². The molecule has 0 bridgehead atoms. The van der Waals surface area contributed by atoms with E-state index < -0.39 is 30.7 Å². The van der Waals surface area contributed by atoms with Crippen LogP contribution in [0.25, 0.3) is 0 Å². The lowest BCUT2D eigenvalue weighted by Crippen LogP contribution is -2.47. The summed E-state index contributed by atoms with van der Waals surface area (Å²) in [6, 6.07) is 4.89. The van der Waals surface area contributed by atoms with Gasteiger partial charge in [-0.3, -0.25) is 4.79 Å².